The topological polar surface area (TPSA) is 56.7 Å². The first kappa shape index (κ1) is 17.0. The largest absolute Gasteiger partial charge is 0.481 e. The van der Waals surface area contributed by atoms with Gasteiger partial charge in [0.1, 0.15) is 5.15 Å². The molecule has 1 N–H and O–H groups in total. The monoisotopic (exact) mass is 357 g/mol. The minimum absolute atomic E-state index is 0.583. The number of carboxylic acids is 1. The van der Waals surface area contributed by atoms with Gasteiger partial charge in [-0.15, -0.1) is 0 Å². The molecule has 0 saturated carbocycles. The maximum absolute atomic E-state index is 11.7. The van der Waals surface area contributed by atoms with Gasteiger partial charge < -0.3 is 10.0 Å². The molecule has 1 unspecified atom stereocenters. The van der Waals surface area contributed by atoms with Gasteiger partial charge >= 0.3 is 5.97 Å². The van der Waals surface area contributed by atoms with Crippen molar-refractivity contribution in [2.24, 2.45) is 5.41 Å². The molecule has 2 aliphatic rings. The summed E-state index contributed by atoms with van der Waals surface area (Å²) in [5.74, 6) is -0.669. The van der Waals surface area contributed by atoms with Crippen molar-refractivity contribution in [3.05, 3.63) is 10.0 Å². The quantitative estimate of drug-likeness (QED) is 0.874. The molecule has 2 aliphatic heterocycles. The Morgan fingerprint density at radius 3 is 2.74 bits per heavy atom. The minimum Gasteiger partial charge on any atom is -0.481 e. The molecule has 0 aliphatic carbocycles. The van der Waals surface area contributed by atoms with Gasteiger partial charge in [0.15, 0.2) is 5.13 Å². The van der Waals surface area contributed by atoms with Crippen molar-refractivity contribution in [1.82, 2.24) is 9.88 Å². The normalized spacial score (nSPS) is 25.9. The third-order valence-corrected chi connectivity index (χ3v) is 6.69. The van der Waals surface area contributed by atoms with Crippen molar-refractivity contribution < 1.29 is 9.90 Å². The number of thiazole rings is 1. The van der Waals surface area contributed by atoms with Crippen LogP contribution in [0.3, 0.4) is 0 Å². The predicted octanol–water partition coefficient (Wildman–Crippen LogP) is 3.47. The Kier molecular flexibility index (Phi) is 5.13. The van der Waals surface area contributed by atoms with Gasteiger partial charge in [-0.1, -0.05) is 29.9 Å². The zero-order valence-electron chi connectivity index (χ0n) is 13.6. The molecule has 0 aromatic carbocycles. The third-order valence-electron chi connectivity index (χ3n) is 5.17. The number of rotatable bonds is 5. The molecule has 3 heterocycles. The van der Waals surface area contributed by atoms with Crippen LogP contribution in [0, 0.1) is 5.41 Å². The van der Waals surface area contributed by atoms with E-state index in [1.165, 1.54) is 12.8 Å². The van der Waals surface area contributed by atoms with Crippen LogP contribution in [-0.2, 0) is 11.3 Å². The van der Waals surface area contributed by atoms with Gasteiger partial charge in [-0.2, -0.15) is 0 Å². The van der Waals surface area contributed by atoms with Crippen LogP contribution < -0.4 is 4.90 Å². The highest BCUT2D eigenvalue weighted by atomic mass is 35.5. The van der Waals surface area contributed by atoms with E-state index < -0.39 is 11.4 Å². The van der Waals surface area contributed by atoms with Crippen molar-refractivity contribution >= 4 is 34.0 Å². The lowest BCUT2D eigenvalue weighted by Gasteiger charge is -2.39. The average Bonchev–Trinajstić information content (AvgIpc) is 3.18. The zero-order valence-corrected chi connectivity index (χ0v) is 15.1. The number of piperidine rings is 1. The summed E-state index contributed by atoms with van der Waals surface area (Å²) in [4.78, 5) is 21.8. The number of hydrogen-bond donors (Lipinski definition) is 1. The van der Waals surface area contributed by atoms with Crippen molar-refractivity contribution in [2.75, 3.05) is 31.1 Å². The van der Waals surface area contributed by atoms with E-state index in [1.807, 2.05) is 6.92 Å². The molecule has 128 valence electrons. The standard InChI is InChI=1S/C16H24ClN3O2S/c1-2-16(14(21)22)6-5-7-19(11-16)10-12-13(17)18-15(23-12)20-8-3-4-9-20/h2-11H2,1H3,(H,21,22). The molecule has 7 heteroatoms. The number of aromatic nitrogens is 1. The fourth-order valence-corrected chi connectivity index (χ4v) is 4.99. The number of carbonyl (C=O) groups is 1. The van der Waals surface area contributed by atoms with Gasteiger partial charge in [0, 0.05) is 26.2 Å². The molecule has 5 nitrogen and oxygen atoms in total. The summed E-state index contributed by atoms with van der Waals surface area (Å²) in [7, 11) is 0. The SMILES string of the molecule is CCC1(C(=O)O)CCCN(Cc2sc(N3CCCC3)nc2Cl)C1. The Morgan fingerprint density at radius 1 is 1.35 bits per heavy atom. The Bertz CT molecular complexity index is 574. The molecule has 0 bridgehead atoms. The summed E-state index contributed by atoms with van der Waals surface area (Å²) in [6, 6.07) is 0. The predicted molar refractivity (Wildman–Crippen MR) is 93.4 cm³/mol. The Balaban J connectivity index is 1.70. The molecule has 0 radical (unpaired) electrons. The lowest BCUT2D eigenvalue weighted by atomic mass is 9.77. The van der Waals surface area contributed by atoms with E-state index in [9.17, 15) is 9.90 Å². The number of nitrogens with zero attached hydrogens (tertiary/aromatic N) is 3. The van der Waals surface area contributed by atoms with Gasteiger partial charge in [0.2, 0.25) is 0 Å². The van der Waals surface area contributed by atoms with Crippen LogP contribution in [0.4, 0.5) is 5.13 Å². The summed E-state index contributed by atoms with van der Waals surface area (Å²) in [6.07, 6.45) is 4.81. The van der Waals surface area contributed by atoms with Crippen LogP contribution in [0.25, 0.3) is 0 Å². The molecule has 2 fully saturated rings. The highest BCUT2D eigenvalue weighted by Gasteiger charge is 2.40. The van der Waals surface area contributed by atoms with E-state index in [1.54, 1.807) is 11.3 Å². The molecule has 3 rings (SSSR count). The third kappa shape index (κ3) is 3.49. The first-order valence-electron chi connectivity index (χ1n) is 8.40. The van der Waals surface area contributed by atoms with E-state index in [-0.39, 0.29) is 0 Å². The molecule has 2 saturated heterocycles. The highest BCUT2D eigenvalue weighted by Crippen LogP contribution is 2.37. The number of carboxylic acid groups (broad SMARTS) is 1. The number of hydrogen-bond acceptors (Lipinski definition) is 5. The molecule has 1 aromatic heterocycles. The number of halogens is 1. The van der Waals surface area contributed by atoms with Crippen LogP contribution in [-0.4, -0.2) is 47.1 Å². The maximum Gasteiger partial charge on any atom is 0.310 e. The number of likely N-dealkylation sites (tertiary alicyclic amines) is 1. The summed E-state index contributed by atoms with van der Waals surface area (Å²) in [5.41, 5.74) is -0.604. The van der Waals surface area contributed by atoms with E-state index in [4.69, 9.17) is 11.6 Å². The van der Waals surface area contributed by atoms with Gasteiger partial charge in [0.05, 0.1) is 10.3 Å². The van der Waals surface area contributed by atoms with Gasteiger partial charge in [-0.25, -0.2) is 4.98 Å². The Labute approximate surface area is 146 Å². The van der Waals surface area contributed by atoms with E-state index >= 15 is 0 Å². The summed E-state index contributed by atoms with van der Waals surface area (Å²) >= 11 is 8.00. The molecular weight excluding hydrogens is 334 g/mol. The fourth-order valence-electron chi connectivity index (χ4n) is 3.64. The molecular formula is C16H24ClN3O2S. The van der Waals surface area contributed by atoms with Gasteiger partial charge in [0.25, 0.3) is 0 Å². The number of anilines is 1. The molecule has 23 heavy (non-hydrogen) atoms. The van der Waals surface area contributed by atoms with Crippen LogP contribution in [0.1, 0.15) is 43.9 Å². The zero-order chi connectivity index (χ0) is 16.4. The summed E-state index contributed by atoms with van der Waals surface area (Å²) < 4.78 is 0. The van der Waals surface area contributed by atoms with Gasteiger partial charge in [-0.05, 0) is 38.6 Å². The minimum atomic E-state index is -0.669. The number of aliphatic carboxylic acids is 1. The van der Waals surface area contributed by atoms with Crippen molar-refractivity contribution in [2.45, 2.75) is 45.6 Å². The lowest BCUT2D eigenvalue weighted by molar-refractivity contribution is -0.153. The Morgan fingerprint density at radius 2 is 2.09 bits per heavy atom. The average molecular weight is 358 g/mol. The molecule has 1 aromatic rings. The van der Waals surface area contributed by atoms with E-state index in [0.29, 0.717) is 24.7 Å². The van der Waals surface area contributed by atoms with Crippen LogP contribution in [0.2, 0.25) is 5.15 Å². The van der Waals surface area contributed by atoms with Crippen molar-refractivity contribution in [1.29, 1.82) is 0 Å². The fraction of sp³-hybridized carbons (Fsp3) is 0.750. The maximum atomic E-state index is 11.7. The van der Waals surface area contributed by atoms with Crippen LogP contribution in [0.15, 0.2) is 0 Å². The second-order valence-corrected chi connectivity index (χ2v) is 8.08. The lowest BCUT2D eigenvalue weighted by Crippen LogP contribution is -2.47. The van der Waals surface area contributed by atoms with Crippen LogP contribution >= 0.6 is 22.9 Å². The van der Waals surface area contributed by atoms with Gasteiger partial charge in [-0.3, -0.25) is 9.69 Å². The summed E-state index contributed by atoms with van der Waals surface area (Å²) in [6.45, 7) is 6.34. The highest BCUT2D eigenvalue weighted by molar-refractivity contribution is 7.16. The molecule has 0 spiro atoms. The van der Waals surface area contributed by atoms with Crippen molar-refractivity contribution in [3.63, 3.8) is 0 Å². The second kappa shape index (κ2) is 6.95. The van der Waals surface area contributed by atoms with Crippen LogP contribution in [0.5, 0.6) is 0 Å². The first-order valence-corrected chi connectivity index (χ1v) is 9.59. The molecule has 0 amide bonds. The van der Waals surface area contributed by atoms with E-state index in [0.717, 1.165) is 42.5 Å². The molecule has 1 atom stereocenters. The summed E-state index contributed by atoms with van der Waals surface area (Å²) in [5, 5.41) is 11.2. The second-order valence-electron chi connectivity index (χ2n) is 6.66. The van der Waals surface area contributed by atoms with E-state index in [2.05, 4.69) is 14.8 Å². The smallest absolute Gasteiger partial charge is 0.310 e. The Hall–Kier alpha value is -0.850. The first-order chi connectivity index (χ1) is 11.0. The van der Waals surface area contributed by atoms with Crippen molar-refractivity contribution in [3.8, 4) is 0 Å².